The first-order valence-electron chi connectivity index (χ1n) is 8.80. The third-order valence-corrected chi connectivity index (χ3v) is 4.69. The number of carbonyl (C=O) groups is 2. The van der Waals surface area contributed by atoms with E-state index < -0.39 is 0 Å². The number of fused-ring (bicyclic) bond motifs is 1. The van der Waals surface area contributed by atoms with E-state index in [1.165, 1.54) is 0 Å². The summed E-state index contributed by atoms with van der Waals surface area (Å²) in [5.41, 5.74) is 2.23. The molecule has 1 N–H and O–H groups in total. The van der Waals surface area contributed by atoms with E-state index in [1.807, 2.05) is 24.3 Å². The number of benzene rings is 1. The highest BCUT2D eigenvalue weighted by molar-refractivity contribution is 5.93. The van der Waals surface area contributed by atoms with Crippen LogP contribution in [0.1, 0.15) is 16.1 Å². The molecule has 140 valence electrons. The second-order valence-electron chi connectivity index (χ2n) is 6.40. The third kappa shape index (κ3) is 3.79. The maximum absolute atomic E-state index is 12.5. The van der Waals surface area contributed by atoms with E-state index in [0.29, 0.717) is 36.8 Å². The van der Waals surface area contributed by atoms with Crippen LogP contribution < -0.4 is 19.7 Å². The fourth-order valence-electron chi connectivity index (χ4n) is 3.15. The standard InChI is InChI=1S/C19H20N4O4/c24-12-22-5-7-23(8-6-22)15-3-4-20-16(10-15)19(25)21-11-14-1-2-17-18(9-14)27-13-26-17/h1-4,9-10,12H,5-8,11,13H2,(H,21,25). The van der Waals surface area contributed by atoms with E-state index in [0.717, 1.165) is 30.8 Å². The summed E-state index contributed by atoms with van der Waals surface area (Å²) in [6.07, 6.45) is 2.51. The molecule has 8 nitrogen and oxygen atoms in total. The number of anilines is 1. The Bertz CT molecular complexity index is 849. The van der Waals surface area contributed by atoms with Crippen LogP contribution in [0, 0.1) is 0 Å². The zero-order chi connectivity index (χ0) is 18.6. The number of hydrogen-bond acceptors (Lipinski definition) is 6. The van der Waals surface area contributed by atoms with Gasteiger partial charge in [-0.25, -0.2) is 0 Å². The average molecular weight is 368 g/mol. The minimum absolute atomic E-state index is 0.225. The monoisotopic (exact) mass is 368 g/mol. The number of ether oxygens (including phenoxy) is 2. The van der Waals surface area contributed by atoms with Gasteiger partial charge in [-0.05, 0) is 29.8 Å². The van der Waals surface area contributed by atoms with Crippen LogP contribution in [0.25, 0.3) is 0 Å². The van der Waals surface area contributed by atoms with Gasteiger partial charge in [0.25, 0.3) is 5.91 Å². The minimum Gasteiger partial charge on any atom is -0.454 e. The Morgan fingerprint density at radius 3 is 2.74 bits per heavy atom. The minimum atomic E-state index is -0.235. The third-order valence-electron chi connectivity index (χ3n) is 4.69. The van der Waals surface area contributed by atoms with E-state index in [9.17, 15) is 9.59 Å². The molecule has 0 saturated carbocycles. The fourth-order valence-corrected chi connectivity index (χ4v) is 3.15. The normalized spacial score (nSPS) is 15.6. The van der Waals surface area contributed by atoms with E-state index in [-0.39, 0.29) is 12.7 Å². The summed E-state index contributed by atoms with van der Waals surface area (Å²) in [5, 5.41) is 2.88. The van der Waals surface area contributed by atoms with Gasteiger partial charge in [0.05, 0.1) is 0 Å². The Kier molecular flexibility index (Phi) is 4.78. The number of hydrogen-bond donors (Lipinski definition) is 1. The first-order chi connectivity index (χ1) is 13.2. The van der Waals surface area contributed by atoms with Crippen LogP contribution in [0.5, 0.6) is 11.5 Å². The van der Waals surface area contributed by atoms with Crippen molar-refractivity contribution < 1.29 is 19.1 Å². The lowest BCUT2D eigenvalue weighted by atomic mass is 10.2. The molecule has 0 spiro atoms. The number of carbonyl (C=O) groups excluding carboxylic acids is 2. The van der Waals surface area contributed by atoms with Gasteiger partial charge in [-0.1, -0.05) is 6.07 Å². The summed E-state index contributed by atoms with van der Waals surface area (Å²) in [6, 6.07) is 9.25. The van der Waals surface area contributed by atoms with Crippen molar-refractivity contribution in [2.45, 2.75) is 6.54 Å². The van der Waals surface area contributed by atoms with E-state index >= 15 is 0 Å². The Morgan fingerprint density at radius 2 is 1.93 bits per heavy atom. The lowest BCUT2D eigenvalue weighted by Gasteiger charge is -2.34. The lowest BCUT2D eigenvalue weighted by Crippen LogP contribution is -2.45. The molecule has 0 unspecified atom stereocenters. The van der Waals surface area contributed by atoms with Crippen LogP contribution in [0.3, 0.4) is 0 Å². The molecule has 1 saturated heterocycles. The molecule has 2 aromatic rings. The number of piperazine rings is 1. The van der Waals surface area contributed by atoms with Crippen molar-refractivity contribution >= 4 is 18.0 Å². The molecule has 3 heterocycles. The molecule has 1 aromatic carbocycles. The molecule has 8 heteroatoms. The maximum atomic E-state index is 12.5. The van der Waals surface area contributed by atoms with Crippen molar-refractivity contribution in [1.82, 2.24) is 15.2 Å². The molecule has 1 aromatic heterocycles. The van der Waals surface area contributed by atoms with Crippen LogP contribution in [0.2, 0.25) is 0 Å². The van der Waals surface area contributed by atoms with Crippen molar-refractivity contribution in [2.75, 3.05) is 37.9 Å². The average Bonchev–Trinajstić information content (AvgIpc) is 3.20. The van der Waals surface area contributed by atoms with Gasteiger partial charge in [0.1, 0.15) is 5.69 Å². The Labute approximate surface area is 156 Å². The number of nitrogens with one attached hydrogen (secondary N) is 1. The zero-order valence-corrected chi connectivity index (χ0v) is 14.8. The van der Waals surface area contributed by atoms with Gasteiger partial charge in [0, 0.05) is 44.6 Å². The summed E-state index contributed by atoms with van der Waals surface area (Å²) < 4.78 is 10.6. The van der Waals surface area contributed by atoms with Gasteiger partial charge >= 0.3 is 0 Å². The van der Waals surface area contributed by atoms with Gasteiger partial charge < -0.3 is 24.6 Å². The molecular formula is C19H20N4O4. The predicted octanol–water partition coefficient (Wildman–Crippen LogP) is 1.02. The molecule has 2 aliphatic heterocycles. The van der Waals surface area contributed by atoms with Crippen molar-refractivity contribution in [3.8, 4) is 11.5 Å². The van der Waals surface area contributed by atoms with Gasteiger partial charge in [-0.3, -0.25) is 14.6 Å². The quantitative estimate of drug-likeness (QED) is 0.794. The first-order valence-corrected chi connectivity index (χ1v) is 8.80. The molecule has 2 aliphatic rings. The second-order valence-corrected chi connectivity index (χ2v) is 6.40. The van der Waals surface area contributed by atoms with Crippen LogP contribution in [0.15, 0.2) is 36.5 Å². The Hall–Kier alpha value is -3.29. The van der Waals surface area contributed by atoms with Gasteiger partial charge in [0.15, 0.2) is 11.5 Å². The van der Waals surface area contributed by atoms with Crippen molar-refractivity contribution in [3.63, 3.8) is 0 Å². The number of rotatable bonds is 5. The van der Waals surface area contributed by atoms with E-state index in [2.05, 4.69) is 15.2 Å². The fraction of sp³-hybridized carbons (Fsp3) is 0.316. The Morgan fingerprint density at radius 1 is 1.11 bits per heavy atom. The van der Waals surface area contributed by atoms with Gasteiger partial charge in [0.2, 0.25) is 13.2 Å². The molecule has 0 radical (unpaired) electrons. The summed E-state index contributed by atoms with van der Waals surface area (Å²) in [5.74, 6) is 1.17. The molecule has 27 heavy (non-hydrogen) atoms. The van der Waals surface area contributed by atoms with Crippen molar-refractivity contribution in [1.29, 1.82) is 0 Å². The molecule has 4 rings (SSSR count). The van der Waals surface area contributed by atoms with Crippen LogP contribution in [0.4, 0.5) is 5.69 Å². The largest absolute Gasteiger partial charge is 0.454 e. The predicted molar refractivity (Wildman–Crippen MR) is 97.8 cm³/mol. The molecule has 0 atom stereocenters. The number of nitrogens with zero attached hydrogens (tertiary/aromatic N) is 3. The van der Waals surface area contributed by atoms with Crippen molar-refractivity contribution in [2.24, 2.45) is 0 Å². The smallest absolute Gasteiger partial charge is 0.270 e. The van der Waals surface area contributed by atoms with Gasteiger partial charge in [-0.2, -0.15) is 0 Å². The molecule has 1 fully saturated rings. The van der Waals surface area contributed by atoms with Crippen LogP contribution >= 0.6 is 0 Å². The van der Waals surface area contributed by atoms with Crippen LogP contribution in [-0.2, 0) is 11.3 Å². The highest BCUT2D eigenvalue weighted by Crippen LogP contribution is 2.32. The number of pyridine rings is 1. The van der Waals surface area contributed by atoms with Gasteiger partial charge in [-0.15, -0.1) is 0 Å². The molecule has 0 bridgehead atoms. The van der Waals surface area contributed by atoms with E-state index in [1.54, 1.807) is 17.2 Å². The highest BCUT2D eigenvalue weighted by Gasteiger charge is 2.18. The summed E-state index contributed by atoms with van der Waals surface area (Å²) in [4.78, 5) is 31.4. The first kappa shape index (κ1) is 17.1. The number of aromatic nitrogens is 1. The molecular weight excluding hydrogens is 348 g/mol. The maximum Gasteiger partial charge on any atom is 0.270 e. The van der Waals surface area contributed by atoms with Crippen LogP contribution in [-0.4, -0.2) is 55.2 Å². The molecule has 0 aliphatic carbocycles. The lowest BCUT2D eigenvalue weighted by molar-refractivity contribution is -0.118. The van der Waals surface area contributed by atoms with Crippen molar-refractivity contribution in [3.05, 3.63) is 47.8 Å². The highest BCUT2D eigenvalue weighted by atomic mass is 16.7. The SMILES string of the molecule is O=CN1CCN(c2ccnc(C(=O)NCc3ccc4c(c3)OCO4)c2)CC1. The topological polar surface area (TPSA) is 84.0 Å². The zero-order valence-electron chi connectivity index (χ0n) is 14.8. The summed E-state index contributed by atoms with van der Waals surface area (Å²) >= 11 is 0. The number of amides is 2. The van der Waals surface area contributed by atoms with E-state index in [4.69, 9.17) is 9.47 Å². The summed E-state index contributed by atoms with van der Waals surface area (Å²) in [6.45, 7) is 3.43. The molecule has 2 amide bonds. The Balaban J connectivity index is 1.38. The summed E-state index contributed by atoms with van der Waals surface area (Å²) in [7, 11) is 0. The second kappa shape index (κ2) is 7.53.